The predicted molar refractivity (Wildman–Crippen MR) is 154 cm³/mol. The summed E-state index contributed by atoms with van der Waals surface area (Å²) in [7, 11) is -3.53. The number of amides is 2. The zero-order valence-electron chi connectivity index (χ0n) is 21.3. The third-order valence-electron chi connectivity index (χ3n) is 6.14. The van der Waals surface area contributed by atoms with Crippen LogP contribution in [0.5, 0.6) is 0 Å². The molecule has 0 aliphatic carbocycles. The average molecular weight is 599 g/mol. The van der Waals surface area contributed by atoms with Crippen molar-refractivity contribution in [2.24, 2.45) is 0 Å². The number of halogens is 1. The highest BCUT2D eigenvalue weighted by Crippen LogP contribution is 2.40. The third-order valence-corrected chi connectivity index (χ3v) is 10.2. The van der Waals surface area contributed by atoms with Crippen LogP contribution in [0.15, 0.2) is 108 Å². The molecule has 11 heteroatoms. The number of alkyl halides is 1. The van der Waals surface area contributed by atoms with Gasteiger partial charge in [0.1, 0.15) is 18.0 Å². The molecule has 3 aromatic rings. The van der Waals surface area contributed by atoms with Crippen LogP contribution >= 0.6 is 22.4 Å². The van der Waals surface area contributed by atoms with Crippen LogP contribution in [0.25, 0.3) is 0 Å². The second-order valence-corrected chi connectivity index (χ2v) is 13.2. The summed E-state index contributed by atoms with van der Waals surface area (Å²) >= 11 is 6.03. The molecule has 3 atom stereocenters. The van der Waals surface area contributed by atoms with E-state index in [1.807, 2.05) is 12.1 Å². The molecule has 0 spiro atoms. The highest BCUT2D eigenvalue weighted by Gasteiger charge is 2.56. The maximum atomic E-state index is 13.4. The molecule has 4 rings (SSSR count). The number of nitrogens with zero attached hydrogens (tertiary/aromatic N) is 1. The first-order valence-corrected chi connectivity index (χ1v) is 15.7. The molecule has 1 fully saturated rings. The minimum Gasteiger partial charge on any atom is -0.459 e. The lowest BCUT2D eigenvalue weighted by Crippen LogP contribution is -2.73. The van der Waals surface area contributed by atoms with Gasteiger partial charge in [-0.25, -0.2) is 13.2 Å². The van der Waals surface area contributed by atoms with Crippen molar-refractivity contribution in [1.29, 1.82) is 0 Å². The van der Waals surface area contributed by atoms with Gasteiger partial charge in [-0.3, -0.25) is 9.59 Å². The summed E-state index contributed by atoms with van der Waals surface area (Å²) in [5.41, 5.74) is 1.61. The smallest absolute Gasteiger partial charge is 0.333 e. The van der Waals surface area contributed by atoms with Gasteiger partial charge in [0.25, 0.3) is 0 Å². The number of rotatable bonds is 12. The lowest BCUT2D eigenvalue weighted by molar-refractivity contribution is -0.163. The Bertz CT molecular complexity index is 1470. The number of β-lactam (4-membered cyclic amide) rings is 1. The molecule has 0 radical (unpaired) electrons. The van der Waals surface area contributed by atoms with E-state index >= 15 is 0 Å². The van der Waals surface area contributed by atoms with Crippen LogP contribution in [0, 0.1) is 0 Å². The highest BCUT2D eigenvalue weighted by atomic mass is 35.5. The number of benzene rings is 3. The largest absolute Gasteiger partial charge is 0.459 e. The number of nitrogens with one attached hydrogen (secondary N) is 1. The number of ether oxygens (including phenoxy) is 1. The van der Waals surface area contributed by atoms with Crippen LogP contribution in [-0.4, -0.2) is 54.4 Å². The molecule has 2 amide bonds. The summed E-state index contributed by atoms with van der Waals surface area (Å²) in [5, 5.41) is 1.50. The molecule has 1 aliphatic heterocycles. The van der Waals surface area contributed by atoms with Gasteiger partial charge in [-0.15, -0.1) is 11.6 Å². The minimum absolute atomic E-state index is 0.00955. The molecule has 1 N–H and O–H groups in total. The second kappa shape index (κ2) is 13.2. The van der Waals surface area contributed by atoms with E-state index in [0.29, 0.717) is 10.8 Å². The van der Waals surface area contributed by atoms with E-state index in [-0.39, 0.29) is 29.4 Å². The third kappa shape index (κ3) is 6.93. The Hall–Kier alpha value is -3.60. The Kier molecular flexibility index (Phi) is 9.67. The monoisotopic (exact) mass is 598 g/mol. The van der Waals surface area contributed by atoms with Crippen molar-refractivity contribution in [2.75, 3.05) is 5.88 Å². The van der Waals surface area contributed by atoms with Gasteiger partial charge >= 0.3 is 5.97 Å². The van der Waals surface area contributed by atoms with Crippen molar-refractivity contribution in [1.82, 2.24) is 10.2 Å². The Morgan fingerprint density at radius 2 is 1.50 bits per heavy atom. The zero-order chi connectivity index (χ0) is 28.7. The predicted octanol–water partition coefficient (Wildman–Crippen LogP) is 3.91. The lowest BCUT2D eigenvalue weighted by atomic mass is 9.99. The summed E-state index contributed by atoms with van der Waals surface area (Å²) in [6.07, 6.45) is -0.00955. The molecule has 40 heavy (non-hydrogen) atoms. The van der Waals surface area contributed by atoms with E-state index in [0.717, 1.165) is 16.0 Å². The zero-order valence-corrected chi connectivity index (χ0v) is 23.7. The number of carbonyl (C=O) groups is 3. The van der Waals surface area contributed by atoms with Gasteiger partial charge in [0, 0.05) is 16.7 Å². The number of likely N-dealkylation sites (tertiary alicyclic amines) is 1. The topological polar surface area (TPSA) is 110 Å². The van der Waals surface area contributed by atoms with E-state index in [1.165, 1.54) is 12.1 Å². The molecular formula is C29H27ClN2O6S2. The van der Waals surface area contributed by atoms with E-state index in [2.05, 4.69) is 11.9 Å². The average Bonchev–Trinajstić information content (AvgIpc) is 2.97. The van der Waals surface area contributed by atoms with Gasteiger partial charge in [-0.2, -0.15) is 0 Å². The van der Waals surface area contributed by atoms with E-state index in [1.54, 1.807) is 66.7 Å². The van der Waals surface area contributed by atoms with Gasteiger partial charge < -0.3 is 15.0 Å². The molecule has 208 valence electrons. The number of hydrogen-bond acceptors (Lipinski definition) is 7. The molecule has 0 bridgehead atoms. The maximum Gasteiger partial charge on any atom is 0.333 e. The molecule has 0 saturated carbocycles. The molecule has 1 aliphatic rings. The van der Waals surface area contributed by atoms with Crippen LogP contribution in [0.3, 0.4) is 0 Å². The molecule has 1 heterocycles. The highest BCUT2D eigenvalue weighted by molar-refractivity contribution is 8.72. The normalized spacial score (nSPS) is 17.4. The lowest BCUT2D eigenvalue weighted by Gasteiger charge is -2.49. The van der Waals surface area contributed by atoms with Gasteiger partial charge in [-0.05, 0) is 28.8 Å². The molecular weight excluding hydrogens is 572 g/mol. The van der Waals surface area contributed by atoms with Gasteiger partial charge in [0.2, 0.25) is 20.7 Å². The summed E-state index contributed by atoms with van der Waals surface area (Å²) in [6, 6.07) is 23.0. The Balaban J connectivity index is 1.60. The van der Waals surface area contributed by atoms with Crippen LogP contribution in [-0.2, 0) is 41.0 Å². The first-order valence-electron chi connectivity index (χ1n) is 12.3. The fraction of sp³-hybridized carbons (Fsp3) is 0.207. The standard InChI is InChI=1S/C29H27ClN2O6S2/c1-20(18-30)26(29(35)38-19-22-13-7-3-8-14-22)32-27(34)25(31-24(33)17-21-11-5-2-6-12-21)28(32)39-40(36,37)23-15-9-4-10-16-23/h2-16,25-26,28H,1,17-19H2,(H,31,33). The number of esters is 1. The van der Waals surface area contributed by atoms with Crippen LogP contribution in [0.2, 0.25) is 0 Å². The van der Waals surface area contributed by atoms with Crippen molar-refractivity contribution >= 4 is 49.0 Å². The molecule has 8 nitrogen and oxygen atoms in total. The molecule has 3 unspecified atom stereocenters. The maximum absolute atomic E-state index is 13.4. The van der Waals surface area contributed by atoms with Crippen molar-refractivity contribution in [3.05, 3.63) is 114 Å². The first-order chi connectivity index (χ1) is 19.2. The Morgan fingerprint density at radius 3 is 2.08 bits per heavy atom. The van der Waals surface area contributed by atoms with Crippen molar-refractivity contribution in [2.45, 2.75) is 35.4 Å². The summed E-state index contributed by atoms with van der Waals surface area (Å²) < 4.78 is 32.1. The quantitative estimate of drug-likeness (QED) is 0.111. The summed E-state index contributed by atoms with van der Waals surface area (Å²) in [6.45, 7) is 3.78. The SMILES string of the molecule is C=C(CCl)C(C(=O)OCc1ccccc1)N1C(=O)C(NC(=O)Cc2ccccc2)C1SS(=O)(=O)c1ccccc1. The van der Waals surface area contributed by atoms with E-state index < -0.39 is 44.1 Å². The Labute approximate surface area is 241 Å². The van der Waals surface area contributed by atoms with E-state index in [9.17, 15) is 22.8 Å². The van der Waals surface area contributed by atoms with Crippen LogP contribution in [0.1, 0.15) is 11.1 Å². The fourth-order valence-corrected chi connectivity index (χ4v) is 7.81. The summed E-state index contributed by atoms with van der Waals surface area (Å²) in [4.78, 5) is 40.6. The van der Waals surface area contributed by atoms with Crippen molar-refractivity contribution in [3.8, 4) is 0 Å². The minimum atomic E-state index is -3.99. The second-order valence-electron chi connectivity index (χ2n) is 8.99. The summed E-state index contributed by atoms with van der Waals surface area (Å²) in [5.74, 6) is -2.09. The molecule has 0 aromatic heterocycles. The van der Waals surface area contributed by atoms with Gasteiger partial charge in [0.15, 0.2) is 6.04 Å². The van der Waals surface area contributed by atoms with E-state index in [4.69, 9.17) is 16.3 Å². The number of hydrogen-bond donors (Lipinski definition) is 1. The van der Waals surface area contributed by atoms with Crippen LogP contribution in [0.4, 0.5) is 0 Å². The fourth-order valence-electron chi connectivity index (χ4n) is 4.13. The molecule has 3 aromatic carbocycles. The number of carbonyl (C=O) groups excluding carboxylic acids is 3. The van der Waals surface area contributed by atoms with Crippen molar-refractivity contribution < 1.29 is 27.5 Å². The van der Waals surface area contributed by atoms with Crippen LogP contribution < -0.4 is 5.32 Å². The molecule has 1 saturated heterocycles. The van der Waals surface area contributed by atoms with Crippen molar-refractivity contribution in [3.63, 3.8) is 0 Å². The first kappa shape index (κ1) is 29.4. The van der Waals surface area contributed by atoms with Gasteiger partial charge in [-0.1, -0.05) is 85.4 Å². The Morgan fingerprint density at radius 1 is 0.950 bits per heavy atom. The van der Waals surface area contributed by atoms with Gasteiger partial charge in [0.05, 0.1) is 11.3 Å².